The number of carbonyl (C=O) groups is 1. The Hall–Kier alpha value is -3.35. The minimum Gasteiger partial charge on any atom is -0.338 e. The number of sulfonamides is 1. The van der Waals surface area contributed by atoms with Crippen LogP contribution in [0.3, 0.4) is 0 Å². The molecule has 1 aromatic heterocycles. The Kier molecular flexibility index (Phi) is 8.54. The van der Waals surface area contributed by atoms with Gasteiger partial charge in [0.05, 0.1) is 22.5 Å². The monoisotopic (exact) mass is 504 g/mol. The van der Waals surface area contributed by atoms with Crippen LogP contribution in [0.25, 0.3) is 11.4 Å². The molecule has 0 saturated carbocycles. The molecule has 0 saturated heterocycles. The Morgan fingerprint density at radius 1 is 1.14 bits per heavy atom. The lowest BCUT2D eigenvalue weighted by molar-refractivity contribution is -0.124. The summed E-state index contributed by atoms with van der Waals surface area (Å²) < 4.78 is 46.4. The maximum absolute atomic E-state index is 13.1. The summed E-state index contributed by atoms with van der Waals surface area (Å²) in [5.74, 6) is 0.251. The van der Waals surface area contributed by atoms with Gasteiger partial charge in [-0.25, -0.2) is 12.8 Å². The normalized spacial score (nSPS) is 11.9. The number of hydrogen-bond acceptors (Lipinski definition) is 8. The highest BCUT2D eigenvalue weighted by Gasteiger charge is 2.27. The number of nitrogens with zero attached hydrogens (tertiary/aromatic N) is 2. The molecule has 35 heavy (non-hydrogen) atoms. The van der Waals surface area contributed by atoms with Gasteiger partial charge in [0.25, 0.3) is 10.0 Å². The largest absolute Gasteiger partial charge is 0.338 e. The van der Waals surface area contributed by atoms with E-state index in [1.807, 2.05) is 0 Å². The number of halogens is 1. The molecule has 5 N–H and O–H groups in total. The highest BCUT2D eigenvalue weighted by atomic mass is 32.2. The molecule has 12 heteroatoms. The summed E-state index contributed by atoms with van der Waals surface area (Å²) in [6, 6.07) is 12.2. The van der Waals surface area contributed by atoms with Crippen molar-refractivity contribution in [1.82, 2.24) is 15.5 Å². The second-order valence-corrected chi connectivity index (χ2v) is 10.2. The van der Waals surface area contributed by atoms with E-state index >= 15 is 0 Å². The number of nitrogens with two attached hydrogens (primary N) is 1. The second-order valence-electron chi connectivity index (χ2n) is 8.51. The third-order valence-electron chi connectivity index (χ3n) is 5.05. The molecule has 0 bridgehead atoms. The third-order valence-corrected chi connectivity index (χ3v) is 6.44. The smallest absolute Gasteiger partial charge is 0.261 e. The summed E-state index contributed by atoms with van der Waals surface area (Å²) in [4.78, 5) is 16.5. The zero-order chi connectivity index (χ0) is 25.5. The average molecular weight is 505 g/mol. The molecule has 3 rings (SSSR count). The maximum atomic E-state index is 13.1. The molecule has 0 aliphatic carbocycles. The molecule has 0 aliphatic heterocycles. The number of benzene rings is 2. The Balaban J connectivity index is 1.67. The fourth-order valence-corrected chi connectivity index (χ4v) is 3.93. The predicted octanol–water partition coefficient (Wildman–Crippen LogP) is 2.91. The molecule has 0 spiro atoms. The summed E-state index contributed by atoms with van der Waals surface area (Å²) in [7, 11) is -3.91. The fourth-order valence-electron chi connectivity index (χ4n) is 2.88. The summed E-state index contributed by atoms with van der Waals surface area (Å²) in [6.07, 6.45) is 0.835. The van der Waals surface area contributed by atoms with Crippen molar-refractivity contribution in [1.29, 1.82) is 0 Å². The summed E-state index contributed by atoms with van der Waals surface area (Å²) in [5, 5.41) is 9.67. The van der Waals surface area contributed by atoms with E-state index < -0.39 is 28.0 Å². The van der Waals surface area contributed by atoms with Crippen LogP contribution in [0.2, 0.25) is 0 Å². The van der Waals surface area contributed by atoms with E-state index in [-0.39, 0.29) is 10.6 Å². The van der Waals surface area contributed by atoms with Crippen LogP contribution in [-0.2, 0) is 21.4 Å². The van der Waals surface area contributed by atoms with E-state index in [0.29, 0.717) is 36.1 Å². The first kappa shape index (κ1) is 26.3. The zero-order valence-electron chi connectivity index (χ0n) is 19.5. The lowest BCUT2D eigenvalue weighted by Gasteiger charge is -2.19. The van der Waals surface area contributed by atoms with Crippen LogP contribution in [-0.4, -0.2) is 44.2 Å². The van der Waals surface area contributed by atoms with Crippen molar-refractivity contribution in [3.05, 3.63) is 54.4 Å². The van der Waals surface area contributed by atoms with Gasteiger partial charge in [0.1, 0.15) is 6.67 Å². The number of aromatic nitrogens is 2. The van der Waals surface area contributed by atoms with Gasteiger partial charge in [-0.1, -0.05) is 11.2 Å². The van der Waals surface area contributed by atoms with Gasteiger partial charge in [-0.05, 0) is 75.8 Å². The van der Waals surface area contributed by atoms with Crippen LogP contribution >= 0.6 is 0 Å². The number of alkyl halides is 1. The van der Waals surface area contributed by atoms with Crippen molar-refractivity contribution in [3.63, 3.8) is 0 Å². The molecular weight excluding hydrogens is 475 g/mol. The lowest BCUT2D eigenvalue weighted by Crippen LogP contribution is -2.32. The van der Waals surface area contributed by atoms with Crippen molar-refractivity contribution in [3.8, 4) is 11.4 Å². The van der Waals surface area contributed by atoms with Gasteiger partial charge >= 0.3 is 0 Å². The fraction of sp³-hybridized carbons (Fsp3) is 0.348. The van der Waals surface area contributed by atoms with Crippen LogP contribution in [0, 0.1) is 5.41 Å². The van der Waals surface area contributed by atoms with Crippen LogP contribution in [0.5, 0.6) is 0 Å². The quantitative estimate of drug-likeness (QED) is 0.275. The van der Waals surface area contributed by atoms with Crippen molar-refractivity contribution < 1.29 is 22.1 Å². The van der Waals surface area contributed by atoms with Crippen molar-refractivity contribution in [2.24, 2.45) is 11.1 Å². The maximum Gasteiger partial charge on any atom is 0.261 e. The molecule has 0 fully saturated rings. The first-order chi connectivity index (χ1) is 16.6. The number of carbonyl (C=O) groups excluding carboxylic acids is 1. The molecular formula is C23H29FN6O4S. The number of amides is 1. The number of anilines is 2. The van der Waals surface area contributed by atoms with Crippen LogP contribution < -0.4 is 21.1 Å². The molecule has 3 aromatic rings. The number of nitrogens with one attached hydrogen (secondary N) is 3. The Morgan fingerprint density at radius 2 is 1.86 bits per heavy atom. The standard InChI is InChI=1S/C23H29FN6O4S/c1-23(2,15-24)22(31)27-17-5-3-6-18(13-17)30-35(32,33)19-9-7-16(8-10-19)21-28-20(34-29-21)14-26-12-4-11-25/h3,5-10,13,26,30H,4,11-12,14-15,25H2,1-2H3,(H,27,31). The first-order valence-electron chi connectivity index (χ1n) is 11.0. The van der Waals surface area contributed by atoms with E-state index in [0.717, 1.165) is 13.0 Å². The molecule has 0 atom stereocenters. The second kappa shape index (κ2) is 11.4. The van der Waals surface area contributed by atoms with Crippen LogP contribution in [0.15, 0.2) is 57.9 Å². The van der Waals surface area contributed by atoms with Gasteiger partial charge in [0, 0.05) is 11.3 Å². The van der Waals surface area contributed by atoms with E-state index in [1.54, 1.807) is 30.3 Å². The van der Waals surface area contributed by atoms with Gasteiger partial charge in [-0.15, -0.1) is 0 Å². The summed E-state index contributed by atoms with van der Waals surface area (Å²) in [5.41, 5.74) is 5.44. The highest BCUT2D eigenvalue weighted by Crippen LogP contribution is 2.24. The molecule has 0 aliphatic rings. The molecule has 0 radical (unpaired) electrons. The van der Waals surface area contributed by atoms with Crippen molar-refractivity contribution in [2.75, 3.05) is 29.8 Å². The van der Waals surface area contributed by atoms with E-state index in [4.69, 9.17) is 10.3 Å². The van der Waals surface area contributed by atoms with E-state index in [9.17, 15) is 17.6 Å². The molecule has 1 amide bonds. The Labute approximate surface area is 203 Å². The van der Waals surface area contributed by atoms with Crippen LogP contribution in [0.1, 0.15) is 26.2 Å². The van der Waals surface area contributed by atoms with Gasteiger partial charge < -0.3 is 20.9 Å². The van der Waals surface area contributed by atoms with E-state index in [1.165, 1.54) is 32.0 Å². The zero-order valence-corrected chi connectivity index (χ0v) is 20.4. The number of rotatable bonds is 12. The van der Waals surface area contributed by atoms with Gasteiger partial charge in [-0.2, -0.15) is 4.98 Å². The number of hydrogen-bond donors (Lipinski definition) is 4. The Bertz CT molecular complexity index is 1240. The predicted molar refractivity (Wildman–Crippen MR) is 131 cm³/mol. The van der Waals surface area contributed by atoms with Crippen LogP contribution in [0.4, 0.5) is 15.8 Å². The average Bonchev–Trinajstić information content (AvgIpc) is 3.31. The Morgan fingerprint density at radius 3 is 2.54 bits per heavy atom. The molecule has 188 valence electrons. The highest BCUT2D eigenvalue weighted by molar-refractivity contribution is 7.92. The molecule has 10 nitrogen and oxygen atoms in total. The first-order valence-corrected chi connectivity index (χ1v) is 12.5. The minimum atomic E-state index is -3.91. The van der Waals surface area contributed by atoms with Gasteiger partial charge in [0.15, 0.2) is 0 Å². The SMILES string of the molecule is CC(C)(CF)C(=O)Nc1cccc(NS(=O)(=O)c2ccc(-c3noc(CNCCCN)n3)cc2)c1. The summed E-state index contributed by atoms with van der Waals surface area (Å²) >= 11 is 0. The molecule has 1 heterocycles. The van der Waals surface area contributed by atoms with Crippen molar-refractivity contribution >= 4 is 27.3 Å². The van der Waals surface area contributed by atoms with Gasteiger partial charge in [-0.3, -0.25) is 9.52 Å². The van der Waals surface area contributed by atoms with E-state index in [2.05, 4.69) is 25.5 Å². The minimum absolute atomic E-state index is 0.0291. The summed E-state index contributed by atoms with van der Waals surface area (Å²) in [6.45, 7) is 3.88. The molecule has 2 aromatic carbocycles. The lowest BCUT2D eigenvalue weighted by atomic mass is 9.94. The van der Waals surface area contributed by atoms with Crippen molar-refractivity contribution in [2.45, 2.75) is 31.7 Å². The molecule has 0 unspecified atom stereocenters. The van der Waals surface area contributed by atoms with Gasteiger partial charge in [0.2, 0.25) is 17.6 Å². The third kappa shape index (κ3) is 7.07. The topological polar surface area (TPSA) is 152 Å².